The minimum absolute atomic E-state index is 0.0209. The van der Waals surface area contributed by atoms with E-state index in [1.54, 1.807) is 4.90 Å². The van der Waals surface area contributed by atoms with E-state index in [0.29, 0.717) is 5.46 Å². The van der Waals surface area contributed by atoms with Crippen LogP contribution in [0.3, 0.4) is 0 Å². The third-order valence-corrected chi connectivity index (χ3v) is 6.62. The van der Waals surface area contributed by atoms with Crippen LogP contribution in [0.4, 0.5) is 10.2 Å². The van der Waals surface area contributed by atoms with Crippen molar-refractivity contribution in [3.63, 3.8) is 0 Å². The predicted molar refractivity (Wildman–Crippen MR) is 90.8 cm³/mol. The summed E-state index contributed by atoms with van der Waals surface area (Å²) in [5.74, 6) is -0.285. The molecule has 0 aromatic carbocycles. The molecule has 2 saturated heterocycles. The van der Waals surface area contributed by atoms with Crippen LogP contribution in [0.1, 0.15) is 27.7 Å². The van der Waals surface area contributed by atoms with E-state index >= 15 is 0 Å². The molecule has 2 aliphatic heterocycles. The lowest BCUT2D eigenvalue weighted by Crippen LogP contribution is -2.42. The number of hydrogen-bond donors (Lipinski definition) is 0. The maximum absolute atomic E-state index is 14.5. The molecule has 3 rings (SSSR count). The van der Waals surface area contributed by atoms with E-state index in [-0.39, 0.29) is 30.4 Å². The summed E-state index contributed by atoms with van der Waals surface area (Å²) in [6, 6.07) is 1.35. The summed E-state index contributed by atoms with van der Waals surface area (Å²) in [7, 11) is -3.69. The van der Waals surface area contributed by atoms with Crippen molar-refractivity contribution in [2.75, 3.05) is 29.5 Å². The molecular weight excluding hydrogens is 334 g/mol. The Balaban J connectivity index is 1.79. The Labute approximate surface area is 142 Å². The summed E-state index contributed by atoms with van der Waals surface area (Å²) in [6.07, 6.45) is 1.53. The zero-order chi connectivity index (χ0) is 17.8. The van der Waals surface area contributed by atoms with Gasteiger partial charge in [-0.15, -0.1) is 0 Å². The van der Waals surface area contributed by atoms with Crippen molar-refractivity contribution in [2.24, 2.45) is 0 Å². The first-order chi connectivity index (χ1) is 11.0. The van der Waals surface area contributed by atoms with Gasteiger partial charge in [-0.1, -0.05) is 0 Å². The first-order valence-electron chi connectivity index (χ1n) is 7.97. The second-order valence-electron chi connectivity index (χ2n) is 7.30. The van der Waals surface area contributed by atoms with Crippen LogP contribution in [0.15, 0.2) is 12.3 Å². The van der Waals surface area contributed by atoms with Gasteiger partial charge in [-0.25, -0.2) is 17.8 Å². The summed E-state index contributed by atoms with van der Waals surface area (Å²) in [6.45, 7) is 8.22. The Morgan fingerprint density at radius 2 is 1.71 bits per heavy atom. The molecule has 0 saturated carbocycles. The quantitative estimate of drug-likeness (QED) is 0.729. The summed E-state index contributed by atoms with van der Waals surface area (Å²) in [5.41, 5.74) is -0.498. The fraction of sp³-hybridized carbons (Fsp3) is 0.667. The second-order valence-corrected chi connectivity index (χ2v) is 9.60. The maximum Gasteiger partial charge on any atom is 0.496 e. The number of aromatic nitrogens is 1. The number of sulfone groups is 1. The Kier molecular flexibility index (Phi) is 4.17. The van der Waals surface area contributed by atoms with Crippen LogP contribution in [0, 0.1) is 5.82 Å². The molecule has 3 heterocycles. The standard InChI is InChI=1S/C15H22BFN2O4S/c1-14(2)15(3,4)23-16(22-14)11-9-12(17)13(18-10-11)19-5-7-24(20,21)8-6-19/h9-10H,5-8H2,1-4H3. The van der Waals surface area contributed by atoms with Gasteiger partial charge < -0.3 is 14.2 Å². The van der Waals surface area contributed by atoms with Crippen LogP contribution in [-0.2, 0) is 19.1 Å². The molecule has 2 aliphatic rings. The van der Waals surface area contributed by atoms with Gasteiger partial charge in [0.15, 0.2) is 21.5 Å². The average Bonchev–Trinajstić information content (AvgIpc) is 2.68. The highest BCUT2D eigenvalue weighted by atomic mass is 32.2. The van der Waals surface area contributed by atoms with E-state index in [2.05, 4.69) is 4.98 Å². The first kappa shape index (κ1) is 17.6. The number of rotatable bonds is 2. The lowest BCUT2D eigenvalue weighted by atomic mass is 9.80. The number of anilines is 1. The van der Waals surface area contributed by atoms with Crippen LogP contribution >= 0.6 is 0 Å². The fourth-order valence-corrected chi connectivity index (χ4v) is 3.91. The highest BCUT2D eigenvalue weighted by Crippen LogP contribution is 2.36. The molecule has 0 radical (unpaired) electrons. The molecule has 24 heavy (non-hydrogen) atoms. The topological polar surface area (TPSA) is 68.7 Å². The van der Waals surface area contributed by atoms with Gasteiger partial charge in [-0.05, 0) is 33.8 Å². The minimum atomic E-state index is -3.02. The lowest BCUT2D eigenvalue weighted by Gasteiger charge is -2.32. The van der Waals surface area contributed by atoms with Crippen molar-refractivity contribution in [1.82, 2.24) is 4.98 Å². The molecule has 0 spiro atoms. The molecule has 0 amide bonds. The molecule has 0 N–H and O–H groups in total. The van der Waals surface area contributed by atoms with Crippen molar-refractivity contribution >= 4 is 28.2 Å². The van der Waals surface area contributed by atoms with E-state index in [1.807, 2.05) is 27.7 Å². The predicted octanol–water partition coefficient (Wildman–Crippen LogP) is 0.755. The van der Waals surface area contributed by atoms with Gasteiger partial charge in [-0.3, -0.25) is 0 Å². The zero-order valence-electron chi connectivity index (χ0n) is 14.4. The third-order valence-electron chi connectivity index (χ3n) is 5.01. The summed E-state index contributed by atoms with van der Waals surface area (Å²) >= 11 is 0. The molecule has 1 aromatic rings. The largest absolute Gasteiger partial charge is 0.496 e. The van der Waals surface area contributed by atoms with Crippen LogP contribution < -0.4 is 10.4 Å². The molecule has 9 heteroatoms. The molecule has 6 nitrogen and oxygen atoms in total. The number of nitrogens with zero attached hydrogens (tertiary/aromatic N) is 2. The molecule has 132 valence electrons. The van der Waals surface area contributed by atoms with E-state index < -0.39 is 34.0 Å². The van der Waals surface area contributed by atoms with Gasteiger partial charge in [0.25, 0.3) is 0 Å². The van der Waals surface area contributed by atoms with Gasteiger partial charge in [-0.2, -0.15) is 0 Å². The minimum Gasteiger partial charge on any atom is -0.399 e. The molecule has 0 atom stereocenters. The van der Waals surface area contributed by atoms with Gasteiger partial charge in [0.05, 0.1) is 22.7 Å². The van der Waals surface area contributed by atoms with Gasteiger partial charge in [0.1, 0.15) is 0 Å². The second kappa shape index (κ2) is 5.67. The Morgan fingerprint density at radius 1 is 1.17 bits per heavy atom. The highest BCUT2D eigenvalue weighted by Gasteiger charge is 2.52. The summed E-state index contributed by atoms with van der Waals surface area (Å²) in [5, 5.41) is 0. The van der Waals surface area contributed by atoms with Crippen molar-refractivity contribution < 1.29 is 22.1 Å². The first-order valence-corrected chi connectivity index (χ1v) is 9.79. The number of halogens is 1. The molecule has 0 bridgehead atoms. The van der Waals surface area contributed by atoms with Crippen LogP contribution in [-0.4, -0.2) is 56.3 Å². The van der Waals surface area contributed by atoms with E-state index in [0.717, 1.165) is 0 Å². The van der Waals surface area contributed by atoms with Crippen molar-refractivity contribution in [2.45, 2.75) is 38.9 Å². The number of hydrogen-bond acceptors (Lipinski definition) is 6. The maximum atomic E-state index is 14.5. The van der Waals surface area contributed by atoms with Crippen LogP contribution in [0.25, 0.3) is 0 Å². The van der Waals surface area contributed by atoms with Crippen molar-refractivity contribution in [3.8, 4) is 0 Å². The van der Waals surface area contributed by atoms with E-state index in [4.69, 9.17) is 9.31 Å². The molecule has 0 unspecified atom stereocenters. The highest BCUT2D eigenvalue weighted by molar-refractivity contribution is 7.91. The molecule has 0 aliphatic carbocycles. The van der Waals surface area contributed by atoms with Crippen LogP contribution in [0.5, 0.6) is 0 Å². The Hall–Kier alpha value is -1.19. The van der Waals surface area contributed by atoms with Gasteiger partial charge >= 0.3 is 7.12 Å². The normalized spacial score (nSPS) is 25.0. The zero-order valence-corrected chi connectivity index (χ0v) is 15.2. The smallest absolute Gasteiger partial charge is 0.399 e. The lowest BCUT2D eigenvalue weighted by molar-refractivity contribution is 0.00578. The third kappa shape index (κ3) is 3.17. The van der Waals surface area contributed by atoms with Gasteiger partial charge in [0, 0.05) is 24.7 Å². The SMILES string of the molecule is CC1(C)OB(c2cnc(N3CCS(=O)(=O)CC3)c(F)c2)OC1(C)C. The van der Waals surface area contributed by atoms with Crippen molar-refractivity contribution in [1.29, 1.82) is 0 Å². The Morgan fingerprint density at radius 3 is 2.21 bits per heavy atom. The van der Waals surface area contributed by atoms with Crippen LogP contribution in [0.2, 0.25) is 0 Å². The molecule has 2 fully saturated rings. The number of pyridine rings is 1. The summed E-state index contributed by atoms with van der Waals surface area (Å²) in [4.78, 5) is 5.84. The molecular formula is C15H22BFN2O4S. The molecule has 1 aromatic heterocycles. The monoisotopic (exact) mass is 356 g/mol. The summed E-state index contributed by atoms with van der Waals surface area (Å²) < 4.78 is 49.3. The fourth-order valence-electron chi connectivity index (χ4n) is 2.71. The van der Waals surface area contributed by atoms with Crippen molar-refractivity contribution in [3.05, 3.63) is 18.1 Å². The average molecular weight is 356 g/mol. The Bertz CT molecular complexity index is 724. The van der Waals surface area contributed by atoms with E-state index in [9.17, 15) is 12.8 Å². The van der Waals surface area contributed by atoms with Gasteiger partial charge in [0.2, 0.25) is 0 Å². The van der Waals surface area contributed by atoms with E-state index in [1.165, 1.54) is 12.3 Å².